The maximum absolute atomic E-state index is 13.6. The van der Waals surface area contributed by atoms with Gasteiger partial charge >= 0.3 is 0 Å². The van der Waals surface area contributed by atoms with Gasteiger partial charge in [0.2, 0.25) is 0 Å². The number of carbonyl (C=O) groups is 2. The van der Waals surface area contributed by atoms with Crippen molar-refractivity contribution in [2.75, 3.05) is 4.90 Å². The van der Waals surface area contributed by atoms with Gasteiger partial charge in [-0.15, -0.1) is 11.8 Å². The maximum Gasteiger partial charge on any atom is 0.270 e. The minimum atomic E-state index is -0.531. The summed E-state index contributed by atoms with van der Waals surface area (Å²) in [4.78, 5) is 27.8. The number of rotatable bonds is 5. The highest BCUT2D eigenvalue weighted by Gasteiger charge is 2.35. The molecule has 2 heterocycles. The molecule has 9 heteroatoms. The number of amides is 2. The first-order chi connectivity index (χ1) is 17.3. The van der Waals surface area contributed by atoms with Gasteiger partial charge in [-0.05, 0) is 66.3 Å². The molecular formula is C27H19Cl2N3O2S2. The van der Waals surface area contributed by atoms with Crippen LogP contribution < -0.4 is 10.2 Å². The molecule has 4 aromatic rings. The van der Waals surface area contributed by atoms with E-state index in [-0.39, 0.29) is 10.7 Å². The van der Waals surface area contributed by atoms with Gasteiger partial charge in [-0.1, -0.05) is 53.5 Å². The molecule has 2 amide bonds. The van der Waals surface area contributed by atoms with E-state index in [1.54, 1.807) is 42.1 Å². The highest BCUT2D eigenvalue weighted by Crippen LogP contribution is 2.36. The van der Waals surface area contributed by atoms with Gasteiger partial charge in [0.1, 0.15) is 5.57 Å². The Bertz CT molecular complexity index is 1540. The Morgan fingerprint density at radius 2 is 1.58 bits per heavy atom. The van der Waals surface area contributed by atoms with Gasteiger partial charge in [-0.3, -0.25) is 19.8 Å². The number of anilines is 1. The number of benzene rings is 3. The number of para-hydroxylation sites is 1. The van der Waals surface area contributed by atoms with Crippen molar-refractivity contribution >= 4 is 86.8 Å². The lowest BCUT2D eigenvalue weighted by Crippen LogP contribution is -2.54. The largest absolute Gasteiger partial charge is 0.338 e. The third-order valence-corrected chi connectivity index (χ3v) is 7.89. The molecule has 0 saturated carbocycles. The Kier molecular flexibility index (Phi) is 6.90. The Hall–Kier alpha value is -3.10. The zero-order valence-electron chi connectivity index (χ0n) is 19.0. The lowest BCUT2D eigenvalue weighted by molar-refractivity contribution is -0.122. The SMILES string of the molecule is Cn1c(SCc2ccc(Cl)cc2)c(/C=C2\C(=O)NC(=S)N(c3ccc(Cl)cc3)C2=O)c2ccccc21. The van der Waals surface area contributed by atoms with Crippen molar-refractivity contribution in [1.82, 2.24) is 9.88 Å². The van der Waals surface area contributed by atoms with E-state index in [0.29, 0.717) is 21.5 Å². The number of aromatic nitrogens is 1. The predicted octanol–water partition coefficient (Wildman–Crippen LogP) is 6.61. The normalized spacial score (nSPS) is 15.1. The minimum Gasteiger partial charge on any atom is -0.338 e. The van der Waals surface area contributed by atoms with Crippen molar-refractivity contribution in [1.29, 1.82) is 0 Å². The third kappa shape index (κ3) is 4.67. The average molecular weight is 553 g/mol. The fraction of sp³-hybridized carbons (Fsp3) is 0.0741. The topological polar surface area (TPSA) is 54.3 Å². The molecule has 5 nitrogen and oxygen atoms in total. The first-order valence-electron chi connectivity index (χ1n) is 10.9. The van der Waals surface area contributed by atoms with Crippen LogP contribution in [0.2, 0.25) is 10.0 Å². The zero-order valence-corrected chi connectivity index (χ0v) is 22.1. The van der Waals surface area contributed by atoms with Gasteiger partial charge in [0.05, 0.1) is 10.7 Å². The molecule has 1 aliphatic rings. The molecule has 1 saturated heterocycles. The second-order valence-corrected chi connectivity index (χ2v) is 10.4. The second kappa shape index (κ2) is 10.1. The van der Waals surface area contributed by atoms with Crippen LogP contribution in [-0.2, 0) is 22.4 Å². The van der Waals surface area contributed by atoms with Crippen LogP contribution in [0.5, 0.6) is 0 Å². The average Bonchev–Trinajstić information content (AvgIpc) is 3.13. The molecule has 36 heavy (non-hydrogen) atoms. The lowest BCUT2D eigenvalue weighted by atomic mass is 10.1. The van der Waals surface area contributed by atoms with E-state index in [2.05, 4.69) is 9.88 Å². The van der Waals surface area contributed by atoms with E-state index in [0.717, 1.165) is 27.1 Å². The lowest BCUT2D eigenvalue weighted by Gasteiger charge is -2.29. The summed E-state index contributed by atoms with van der Waals surface area (Å²) in [5, 5.41) is 5.77. The van der Waals surface area contributed by atoms with Crippen LogP contribution in [0.25, 0.3) is 17.0 Å². The van der Waals surface area contributed by atoms with Crippen LogP contribution in [0, 0.1) is 0 Å². The van der Waals surface area contributed by atoms with E-state index >= 15 is 0 Å². The van der Waals surface area contributed by atoms with Gasteiger partial charge in [-0.25, -0.2) is 0 Å². The third-order valence-electron chi connectivity index (χ3n) is 5.85. The summed E-state index contributed by atoms with van der Waals surface area (Å²) in [5.41, 5.74) is 3.43. The molecular weight excluding hydrogens is 533 g/mol. The minimum absolute atomic E-state index is 0.00301. The fourth-order valence-electron chi connectivity index (χ4n) is 4.07. The van der Waals surface area contributed by atoms with Crippen LogP contribution in [0.15, 0.2) is 83.4 Å². The molecule has 0 bridgehead atoms. The van der Waals surface area contributed by atoms with Crippen molar-refractivity contribution < 1.29 is 9.59 Å². The first-order valence-corrected chi connectivity index (χ1v) is 13.1. The molecule has 0 spiro atoms. The molecule has 0 aliphatic carbocycles. The summed E-state index contributed by atoms with van der Waals surface area (Å²) in [7, 11) is 1.98. The van der Waals surface area contributed by atoms with Gasteiger partial charge in [0, 0.05) is 39.3 Å². The standard InChI is InChI=1S/C27H19Cl2N3O2S2/c1-31-23-5-3-2-4-20(23)21(26(31)36-15-16-6-8-17(28)9-7-16)14-22-24(33)30-27(35)32(25(22)34)19-12-10-18(29)11-13-19/h2-14H,15H2,1H3,(H,30,33,35)/b22-14+. The molecule has 1 aliphatic heterocycles. The molecule has 0 atom stereocenters. The molecule has 0 radical (unpaired) electrons. The van der Waals surface area contributed by atoms with Gasteiger partial charge in [0.15, 0.2) is 5.11 Å². The number of hydrogen-bond donors (Lipinski definition) is 1. The van der Waals surface area contributed by atoms with E-state index in [1.165, 1.54) is 4.90 Å². The molecule has 1 N–H and O–H groups in total. The number of nitrogens with one attached hydrogen (secondary N) is 1. The monoisotopic (exact) mass is 551 g/mol. The van der Waals surface area contributed by atoms with Crippen molar-refractivity contribution in [2.24, 2.45) is 7.05 Å². The summed E-state index contributed by atoms with van der Waals surface area (Å²) in [6, 6.07) is 22.3. The van der Waals surface area contributed by atoms with Crippen molar-refractivity contribution in [2.45, 2.75) is 10.8 Å². The van der Waals surface area contributed by atoms with Crippen LogP contribution in [0.1, 0.15) is 11.1 Å². The smallest absolute Gasteiger partial charge is 0.270 e. The highest BCUT2D eigenvalue weighted by atomic mass is 35.5. The van der Waals surface area contributed by atoms with Crippen LogP contribution in [-0.4, -0.2) is 21.5 Å². The summed E-state index contributed by atoms with van der Waals surface area (Å²) in [5.74, 6) is -0.331. The second-order valence-electron chi connectivity index (χ2n) is 8.14. The zero-order chi connectivity index (χ0) is 25.4. The number of thioether (sulfide) groups is 1. The van der Waals surface area contributed by atoms with Gasteiger partial charge in [0.25, 0.3) is 11.8 Å². The van der Waals surface area contributed by atoms with Gasteiger partial charge in [-0.2, -0.15) is 0 Å². The number of hydrogen-bond acceptors (Lipinski definition) is 4. The summed E-state index contributed by atoms with van der Waals surface area (Å²) < 4.78 is 2.08. The molecule has 180 valence electrons. The number of thiocarbonyl (C=S) groups is 1. The van der Waals surface area contributed by atoms with Gasteiger partial charge < -0.3 is 4.57 Å². The van der Waals surface area contributed by atoms with E-state index in [9.17, 15) is 9.59 Å². The molecule has 3 aromatic carbocycles. The molecule has 5 rings (SSSR count). The van der Waals surface area contributed by atoms with E-state index < -0.39 is 11.8 Å². The summed E-state index contributed by atoms with van der Waals surface area (Å²) >= 11 is 19.0. The van der Waals surface area contributed by atoms with Crippen molar-refractivity contribution in [3.63, 3.8) is 0 Å². The predicted molar refractivity (Wildman–Crippen MR) is 152 cm³/mol. The molecule has 1 fully saturated rings. The van der Waals surface area contributed by atoms with Crippen molar-refractivity contribution in [3.8, 4) is 0 Å². The number of nitrogens with zero attached hydrogens (tertiary/aromatic N) is 2. The highest BCUT2D eigenvalue weighted by molar-refractivity contribution is 7.98. The maximum atomic E-state index is 13.6. The van der Waals surface area contributed by atoms with Crippen LogP contribution in [0.4, 0.5) is 5.69 Å². The summed E-state index contributed by atoms with van der Waals surface area (Å²) in [6.07, 6.45) is 1.66. The van der Waals surface area contributed by atoms with E-state index in [1.807, 2.05) is 55.6 Å². The quantitative estimate of drug-likeness (QED) is 0.131. The molecule has 1 aromatic heterocycles. The molecule has 0 unspecified atom stereocenters. The van der Waals surface area contributed by atoms with Crippen LogP contribution in [0.3, 0.4) is 0 Å². The Labute approximate surface area is 227 Å². The Morgan fingerprint density at radius 1 is 0.944 bits per heavy atom. The number of carbonyl (C=O) groups excluding carboxylic acids is 2. The van der Waals surface area contributed by atoms with Crippen molar-refractivity contribution in [3.05, 3.63) is 99.5 Å². The Morgan fingerprint density at radius 3 is 2.28 bits per heavy atom. The first kappa shape index (κ1) is 24.6. The number of aryl methyl sites for hydroxylation is 1. The Balaban J connectivity index is 1.58. The fourth-order valence-corrected chi connectivity index (χ4v) is 5.72. The number of fused-ring (bicyclic) bond motifs is 1. The van der Waals surface area contributed by atoms with E-state index in [4.69, 9.17) is 35.4 Å². The summed E-state index contributed by atoms with van der Waals surface area (Å²) in [6.45, 7) is 0. The number of halogens is 2. The van der Waals surface area contributed by atoms with Crippen LogP contribution >= 0.6 is 47.2 Å².